The van der Waals surface area contributed by atoms with Gasteiger partial charge in [0.25, 0.3) is 0 Å². The standard InChI is InChI=1S/C9H14N2O2/c1-13-9(12)8(11-10)7-5-3-2-4-6-7/h7H,2-6H2,1H3/p+1/b9-8-. The van der Waals surface area contributed by atoms with Gasteiger partial charge in [0.15, 0.2) is 4.98 Å². The fourth-order valence-corrected chi connectivity index (χ4v) is 1.78. The van der Waals surface area contributed by atoms with Crippen molar-refractivity contribution in [2.45, 2.75) is 32.1 Å². The van der Waals surface area contributed by atoms with E-state index in [1.165, 1.54) is 13.5 Å². The average molecular weight is 183 g/mol. The highest BCUT2D eigenvalue weighted by Gasteiger charge is 2.32. The summed E-state index contributed by atoms with van der Waals surface area (Å²) in [7, 11) is 1.36. The Hall–Kier alpha value is -1.24. The highest BCUT2D eigenvalue weighted by Crippen LogP contribution is 2.31. The molecule has 0 unspecified atom stereocenters. The minimum Gasteiger partial charge on any atom is -0.475 e. The maximum atomic E-state index is 9.27. The van der Waals surface area contributed by atoms with Crippen LogP contribution in [0.3, 0.4) is 0 Å². The topological polar surface area (TPSA) is 57.6 Å². The van der Waals surface area contributed by atoms with Crippen molar-refractivity contribution in [1.29, 1.82) is 5.39 Å². The van der Waals surface area contributed by atoms with Crippen molar-refractivity contribution in [3.63, 3.8) is 0 Å². The molecule has 0 spiro atoms. The largest absolute Gasteiger partial charge is 0.475 e. The zero-order chi connectivity index (χ0) is 9.68. The molecule has 1 fully saturated rings. The molecular formula is C9H15N2O2+. The molecule has 0 aromatic heterocycles. The monoisotopic (exact) mass is 183 g/mol. The molecule has 0 saturated heterocycles. The van der Waals surface area contributed by atoms with Gasteiger partial charge in [-0.25, -0.2) is 0 Å². The molecule has 1 aliphatic carbocycles. The molecule has 0 radical (unpaired) electrons. The first-order valence-corrected chi connectivity index (χ1v) is 4.61. The van der Waals surface area contributed by atoms with Crippen LogP contribution in [0.1, 0.15) is 32.1 Å². The van der Waals surface area contributed by atoms with Crippen LogP contribution in [0.25, 0.3) is 4.98 Å². The molecule has 0 heterocycles. The number of aliphatic hydroxyl groups excluding tert-OH is 1. The van der Waals surface area contributed by atoms with Crippen molar-refractivity contribution in [1.82, 2.24) is 0 Å². The third-order valence-corrected chi connectivity index (χ3v) is 2.51. The van der Waals surface area contributed by atoms with Crippen LogP contribution in [0.4, 0.5) is 0 Å². The van der Waals surface area contributed by atoms with Crippen molar-refractivity contribution in [2.75, 3.05) is 7.11 Å². The van der Waals surface area contributed by atoms with Crippen molar-refractivity contribution >= 4 is 0 Å². The Morgan fingerprint density at radius 2 is 2.00 bits per heavy atom. The van der Waals surface area contributed by atoms with Crippen molar-refractivity contribution < 1.29 is 9.84 Å². The second-order valence-electron chi connectivity index (χ2n) is 3.33. The zero-order valence-electron chi connectivity index (χ0n) is 7.86. The van der Waals surface area contributed by atoms with Gasteiger partial charge in [0.05, 0.1) is 13.0 Å². The lowest BCUT2D eigenvalue weighted by Gasteiger charge is -2.15. The summed E-state index contributed by atoms with van der Waals surface area (Å²) < 4.78 is 4.64. The average Bonchev–Trinajstić information content (AvgIpc) is 2.20. The Kier molecular flexibility index (Phi) is 3.56. The minimum absolute atomic E-state index is 0.152. The number of ether oxygens (including phenoxy) is 1. The summed E-state index contributed by atoms with van der Waals surface area (Å²) in [5, 5.41) is 18.0. The van der Waals surface area contributed by atoms with Gasteiger partial charge in [-0.2, -0.15) is 0 Å². The Labute approximate surface area is 77.8 Å². The summed E-state index contributed by atoms with van der Waals surface area (Å²) in [6.45, 7) is 0. The number of methoxy groups -OCH3 is 1. The fourth-order valence-electron chi connectivity index (χ4n) is 1.78. The van der Waals surface area contributed by atoms with E-state index < -0.39 is 0 Å². The third kappa shape index (κ3) is 2.35. The van der Waals surface area contributed by atoms with Gasteiger partial charge in [0, 0.05) is 0 Å². The van der Waals surface area contributed by atoms with Crippen LogP contribution in [0.2, 0.25) is 0 Å². The zero-order valence-corrected chi connectivity index (χ0v) is 7.86. The molecule has 13 heavy (non-hydrogen) atoms. The summed E-state index contributed by atoms with van der Waals surface area (Å²) in [6, 6.07) is 0. The van der Waals surface area contributed by atoms with Gasteiger partial charge < -0.3 is 9.84 Å². The maximum absolute atomic E-state index is 9.27. The number of diazo groups is 1. The summed E-state index contributed by atoms with van der Waals surface area (Å²) in [5.74, 6) is -0.104. The molecule has 1 rings (SSSR count). The normalized spacial score (nSPS) is 20.3. The Morgan fingerprint density at radius 3 is 2.46 bits per heavy atom. The van der Waals surface area contributed by atoms with Crippen LogP contribution in [-0.2, 0) is 4.74 Å². The van der Waals surface area contributed by atoms with Crippen molar-refractivity contribution in [3.8, 4) is 0 Å². The van der Waals surface area contributed by atoms with Crippen molar-refractivity contribution in [2.24, 2.45) is 5.92 Å². The number of nitrogens with zero attached hydrogens (tertiary/aromatic N) is 2. The molecule has 0 aromatic rings. The van der Waals surface area contributed by atoms with Gasteiger partial charge in [-0.1, -0.05) is 19.3 Å². The number of hydrogen-bond acceptors (Lipinski definition) is 3. The maximum Gasteiger partial charge on any atom is 0.443 e. The first kappa shape index (κ1) is 9.85. The number of allylic oxidation sites excluding steroid dienone is 1. The molecule has 0 amide bonds. The highest BCUT2D eigenvalue weighted by atomic mass is 16.6. The Balaban J connectivity index is 2.71. The van der Waals surface area contributed by atoms with E-state index in [9.17, 15) is 5.11 Å². The molecule has 1 saturated carbocycles. The summed E-state index contributed by atoms with van der Waals surface area (Å²) in [6.07, 6.45) is 5.41. The molecule has 4 nitrogen and oxygen atoms in total. The fraction of sp³-hybridized carbons (Fsp3) is 0.778. The molecule has 0 aliphatic heterocycles. The van der Waals surface area contributed by atoms with Gasteiger partial charge in [-0.3, -0.25) is 0 Å². The predicted molar refractivity (Wildman–Crippen MR) is 48.3 cm³/mol. The van der Waals surface area contributed by atoms with Crippen LogP contribution in [-0.4, -0.2) is 12.2 Å². The minimum atomic E-state index is -0.255. The Bertz CT molecular complexity index is 236. The van der Waals surface area contributed by atoms with Gasteiger partial charge in [-0.15, -0.1) is 0 Å². The first-order chi connectivity index (χ1) is 6.29. The van der Waals surface area contributed by atoms with E-state index in [2.05, 4.69) is 9.71 Å². The Morgan fingerprint density at radius 1 is 1.38 bits per heavy atom. The van der Waals surface area contributed by atoms with E-state index in [1.54, 1.807) is 0 Å². The first-order valence-electron chi connectivity index (χ1n) is 4.61. The van der Waals surface area contributed by atoms with E-state index >= 15 is 0 Å². The van der Waals surface area contributed by atoms with Gasteiger partial charge in [0.1, 0.15) is 0 Å². The van der Waals surface area contributed by atoms with Crippen LogP contribution in [0.15, 0.2) is 11.6 Å². The van der Waals surface area contributed by atoms with E-state index in [4.69, 9.17) is 5.39 Å². The van der Waals surface area contributed by atoms with E-state index in [-0.39, 0.29) is 11.9 Å². The lowest BCUT2D eigenvalue weighted by Crippen LogP contribution is -2.09. The predicted octanol–water partition coefficient (Wildman–Crippen LogP) is 2.79. The van der Waals surface area contributed by atoms with Gasteiger partial charge in [0.2, 0.25) is 5.39 Å². The van der Waals surface area contributed by atoms with E-state index in [0.717, 1.165) is 25.7 Å². The van der Waals surface area contributed by atoms with Crippen molar-refractivity contribution in [3.05, 3.63) is 16.6 Å². The third-order valence-electron chi connectivity index (χ3n) is 2.51. The van der Waals surface area contributed by atoms with Crippen LogP contribution < -0.4 is 0 Å². The molecule has 0 aromatic carbocycles. The van der Waals surface area contributed by atoms with Crippen LogP contribution in [0.5, 0.6) is 0 Å². The molecular weight excluding hydrogens is 168 g/mol. The molecule has 1 aliphatic rings. The molecule has 1 N–H and O–H groups in total. The highest BCUT2D eigenvalue weighted by molar-refractivity contribution is 5.14. The SMILES string of the molecule is CO/C(O)=C(\[N+]#N)C1CCCCC1. The van der Waals surface area contributed by atoms with Crippen LogP contribution in [0, 0.1) is 11.3 Å². The lowest BCUT2D eigenvalue weighted by molar-refractivity contribution is 0.126. The summed E-state index contributed by atoms with van der Waals surface area (Å²) >= 11 is 0. The van der Waals surface area contributed by atoms with Crippen LogP contribution >= 0.6 is 0 Å². The lowest BCUT2D eigenvalue weighted by atomic mass is 9.87. The summed E-state index contributed by atoms with van der Waals surface area (Å²) in [5.41, 5.74) is 0.294. The van der Waals surface area contributed by atoms with E-state index in [1.807, 2.05) is 0 Å². The summed E-state index contributed by atoms with van der Waals surface area (Å²) in [4.78, 5) is 3.09. The molecule has 0 bridgehead atoms. The molecule has 4 heteroatoms. The molecule has 72 valence electrons. The number of hydrogen-bond donors (Lipinski definition) is 1. The second kappa shape index (κ2) is 4.70. The molecule has 0 atom stereocenters. The number of aliphatic hydroxyl groups is 1. The van der Waals surface area contributed by atoms with Gasteiger partial charge in [-0.05, 0) is 12.8 Å². The van der Waals surface area contributed by atoms with Gasteiger partial charge >= 0.3 is 11.6 Å². The number of rotatable bonds is 2. The second-order valence-corrected chi connectivity index (χ2v) is 3.33. The van der Waals surface area contributed by atoms with E-state index in [0.29, 0.717) is 5.70 Å². The quantitative estimate of drug-likeness (QED) is 0.529. The smallest absolute Gasteiger partial charge is 0.443 e.